The minimum atomic E-state index is 0.104. The van der Waals surface area contributed by atoms with E-state index in [1.807, 2.05) is 20.8 Å². The highest BCUT2D eigenvalue weighted by molar-refractivity contribution is 5.96. The molecule has 0 N–H and O–H groups in total. The fourth-order valence-electron chi connectivity index (χ4n) is 2.19. The van der Waals surface area contributed by atoms with Gasteiger partial charge in [-0.2, -0.15) is 0 Å². The van der Waals surface area contributed by atoms with Crippen LogP contribution < -0.4 is 4.73 Å². The molecule has 4 nitrogen and oxygen atoms in total. The van der Waals surface area contributed by atoms with Crippen molar-refractivity contribution in [3.05, 3.63) is 22.9 Å². The number of hydrogen-bond acceptors (Lipinski definition) is 2. The summed E-state index contributed by atoms with van der Waals surface area (Å²) in [6.45, 7) is 5.96. The van der Waals surface area contributed by atoms with Gasteiger partial charge in [0.2, 0.25) is 17.8 Å². The third-order valence-electron chi connectivity index (χ3n) is 2.92. The van der Waals surface area contributed by atoms with Crippen molar-refractivity contribution in [3.8, 4) is 0 Å². The number of carbonyl (C=O) groups is 1. The molecule has 1 aromatic heterocycles. The number of nitrogens with zero attached hydrogens (tertiary/aromatic N) is 2. The number of aromatic nitrogens is 2. The Balaban J connectivity index is 2.56. The van der Waals surface area contributed by atoms with E-state index in [9.17, 15) is 10.0 Å². The first kappa shape index (κ1) is 10.2. The van der Waals surface area contributed by atoms with Gasteiger partial charge in [0, 0.05) is 12.8 Å². The average molecular weight is 208 g/mol. The molecule has 1 unspecified atom stereocenters. The van der Waals surface area contributed by atoms with Gasteiger partial charge < -0.3 is 5.21 Å². The van der Waals surface area contributed by atoms with E-state index >= 15 is 0 Å². The summed E-state index contributed by atoms with van der Waals surface area (Å²) in [5, 5.41) is 11.6. The van der Waals surface area contributed by atoms with E-state index in [0.717, 1.165) is 4.73 Å². The van der Waals surface area contributed by atoms with Crippen LogP contribution in [0.2, 0.25) is 0 Å². The molecule has 15 heavy (non-hydrogen) atoms. The zero-order chi connectivity index (χ0) is 11.2. The van der Waals surface area contributed by atoms with E-state index in [1.54, 1.807) is 4.57 Å². The van der Waals surface area contributed by atoms with Gasteiger partial charge in [0.15, 0.2) is 5.69 Å². The second kappa shape index (κ2) is 3.36. The molecule has 0 saturated carbocycles. The van der Waals surface area contributed by atoms with Gasteiger partial charge in [-0.1, -0.05) is 6.92 Å². The minimum absolute atomic E-state index is 0.104. The largest absolute Gasteiger partial charge is 0.711 e. The van der Waals surface area contributed by atoms with Crippen LogP contribution in [0.4, 0.5) is 0 Å². The van der Waals surface area contributed by atoms with Crippen molar-refractivity contribution in [2.75, 3.05) is 0 Å². The summed E-state index contributed by atoms with van der Waals surface area (Å²) in [5.41, 5.74) is 1.27. The van der Waals surface area contributed by atoms with E-state index in [2.05, 4.69) is 0 Å². The first-order valence-electron chi connectivity index (χ1n) is 5.36. The molecular formula is C11H16N2O2. The molecule has 4 heteroatoms. The van der Waals surface area contributed by atoms with Crippen molar-refractivity contribution < 1.29 is 9.52 Å². The molecule has 0 aromatic carbocycles. The number of imidazole rings is 1. The summed E-state index contributed by atoms with van der Waals surface area (Å²) in [4.78, 5) is 11.9. The molecule has 0 aliphatic heterocycles. The van der Waals surface area contributed by atoms with Crippen LogP contribution in [0.15, 0.2) is 6.33 Å². The van der Waals surface area contributed by atoms with Crippen molar-refractivity contribution in [1.29, 1.82) is 0 Å². The zero-order valence-corrected chi connectivity index (χ0v) is 9.36. The molecule has 1 atom stereocenters. The number of Topliss-reactive ketones (excluding diaryl/α,β-unsaturated/α-hetero) is 1. The topological polar surface area (TPSA) is 48.9 Å². The van der Waals surface area contributed by atoms with Crippen LogP contribution in [0, 0.1) is 11.1 Å². The van der Waals surface area contributed by atoms with Gasteiger partial charge in [0.25, 0.3) is 0 Å². The third kappa shape index (κ3) is 1.54. The highest BCUT2D eigenvalue weighted by atomic mass is 16.5. The fraction of sp³-hybridized carbons (Fsp3) is 0.636. The summed E-state index contributed by atoms with van der Waals surface area (Å²) >= 11 is 0. The molecular weight excluding hydrogens is 192 g/mol. The Kier molecular flexibility index (Phi) is 2.29. The van der Waals surface area contributed by atoms with Crippen LogP contribution >= 0.6 is 0 Å². The predicted octanol–water partition coefficient (Wildman–Crippen LogP) is 1.47. The summed E-state index contributed by atoms with van der Waals surface area (Å²) in [5.74, 6) is 0.389. The number of ketones is 1. The Hall–Kier alpha value is -1.32. The van der Waals surface area contributed by atoms with Gasteiger partial charge in [0.05, 0.1) is 6.04 Å². The SMILES string of the molecule is CC1CC(=O)c2c([n+]([O-])cn2C(C)C)C1. The molecule has 1 aromatic rings. The maximum absolute atomic E-state index is 11.9. The summed E-state index contributed by atoms with van der Waals surface area (Å²) < 4.78 is 2.64. The normalized spacial score (nSPS) is 20.8. The van der Waals surface area contributed by atoms with Crippen molar-refractivity contribution in [3.63, 3.8) is 0 Å². The number of rotatable bonds is 1. The Morgan fingerprint density at radius 3 is 2.80 bits per heavy atom. The fourth-order valence-corrected chi connectivity index (χ4v) is 2.19. The van der Waals surface area contributed by atoms with Crippen molar-refractivity contribution in [1.82, 2.24) is 4.57 Å². The smallest absolute Gasteiger partial charge is 0.247 e. The van der Waals surface area contributed by atoms with Gasteiger partial charge in [-0.05, 0) is 19.8 Å². The van der Waals surface area contributed by atoms with Gasteiger partial charge in [-0.3, -0.25) is 4.79 Å². The first-order valence-corrected chi connectivity index (χ1v) is 5.36. The molecule has 0 fully saturated rings. The molecule has 1 aliphatic carbocycles. The summed E-state index contributed by atoms with van der Waals surface area (Å²) in [7, 11) is 0. The van der Waals surface area contributed by atoms with E-state index in [0.29, 0.717) is 24.2 Å². The van der Waals surface area contributed by atoms with Gasteiger partial charge in [-0.25, -0.2) is 9.30 Å². The number of carbonyl (C=O) groups excluding carboxylic acids is 1. The first-order chi connectivity index (χ1) is 7.00. The van der Waals surface area contributed by atoms with Gasteiger partial charge in [0.1, 0.15) is 0 Å². The summed E-state index contributed by atoms with van der Waals surface area (Å²) in [6.07, 6.45) is 2.76. The summed E-state index contributed by atoms with van der Waals surface area (Å²) in [6, 6.07) is 0.159. The molecule has 1 aliphatic rings. The highest BCUT2D eigenvalue weighted by Crippen LogP contribution is 2.25. The lowest BCUT2D eigenvalue weighted by molar-refractivity contribution is -0.613. The number of hydrogen-bond donors (Lipinski definition) is 0. The Labute approximate surface area is 89.1 Å². The lowest BCUT2D eigenvalue weighted by Gasteiger charge is -2.16. The van der Waals surface area contributed by atoms with Crippen molar-refractivity contribution in [2.24, 2.45) is 5.92 Å². The van der Waals surface area contributed by atoms with E-state index in [-0.39, 0.29) is 17.7 Å². The molecule has 0 spiro atoms. The molecule has 82 valence electrons. The molecule has 0 radical (unpaired) electrons. The standard InChI is InChI=1S/C11H16N2O2/c1-7(2)12-6-13(15)9-4-8(3)5-10(14)11(9)12/h6-8H,4-5H2,1-3H3. The second-order valence-corrected chi connectivity index (χ2v) is 4.67. The third-order valence-corrected chi connectivity index (χ3v) is 2.92. The van der Waals surface area contributed by atoms with Crippen LogP contribution in [0.5, 0.6) is 0 Å². The van der Waals surface area contributed by atoms with Gasteiger partial charge in [-0.15, -0.1) is 0 Å². The second-order valence-electron chi connectivity index (χ2n) is 4.67. The lowest BCUT2D eigenvalue weighted by Crippen LogP contribution is -2.33. The van der Waals surface area contributed by atoms with Crippen LogP contribution in [0.3, 0.4) is 0 Å². The molecule has 0 bridgehead atoms. The average Bonchev–Trinajstić information content (AvgIpc) is 2.44. The quantitative estimate of drug-likeness (QED) is 0.518. The lowest BCUT2D eigenvalue weighted by atomic mass is 9.90. The molecule has 1 heterocycles. The molecule has 0 amide bonds. The molecule has 0 saturated heterocycles. The highest BCUT2D eigenvalue weighted by Gasteiger charge is 2.33. The van der Waals surface area contributed by atoms with E-state index in [4.69, 9.17) is 0 Å². The zero-order valence-electron chi connectivity index (χ0n) is 9.36. The van der Waals surface area contributed by atoms with Crippen LogP contribution in [0.25, 0.3) is 0 Å². The van der Waals surface area contributed by atoms with Crippen LogP contribution in [0.1, 0.15) is 49.4 Å². The number of fused-ring (bicyclic) bond motifs is 1. The Morgan fingerprint density at radius 1 is 1.53 bits per heavy atom. The Bertz CT molecular complexity index is 407. The van der Waals surface area contributed by atoms with Gasteiger partial charge >= 0.3 is 0 Å². The predicted molar refractivity (Wildman–Crippen MR) is 55.6 cm³/mol. The monoisotopic (exact) mass is 208 g/mol. The van der Waals surface area contributed by atoms with E-state index in [1.165, 1.54) is 6.33 Å². The maximum atomic E-state index is 11.9. The van der Waals surface area contributed by atoms with Crippen LogP contribution in [-0.2, 0) is 6.42 Å². The minimum Gasteiger partial charge on any atom is -0.711 e. The van der Waals surface area contributed by atoms with E-state index < -0.39 is 0 Å². The van der Waals surface area contributed by atoms with Crippen LogP contribution in [-0.4, -0.2) is 10.4 Å². The van der Waals surface area contributed by atoms with Crippen molar-refractivity contribution in [2.45, 2.75) is 39.7 Å². The van der Waals surface area contributed by atoms with Crippen molar-refractivity contribution >= 4 is 5.78 Å². The molecule has 2 rings (SSSR count). The Morgan fingerprint density at radius 2 is 2.20 bits per heavy atom. The maximum Gasteiger partial charge on any atom is 0.247 e.